The van der Waals surface area contributed by atoms with Crippen molar-refractivity contribution in [3.8, 4) is 0 Å². The molecule has 1 atom stereocenters. The van der Waals surface area contributed by atoms with Gasteiger partial charge in [0.1, 0.15) is 5.00 Å². The lowest BCUT2D eigenvalue weighted by Crippen LogP contribution is -2.43. The van der Waals surface area contributed by atoms with Gasteiger partial charge in [0.15, 0.2) is 0 Å². The predicted molar refractivity (Wildman–Crippen MR) is 109 cm³/mol. The fourth-order valence-electron chi connectivity index (χ4n) is 3.06. The first kappa shape index (κ1) is 20.8. The van der Waals surface area contributed by atoms with E-state index in [1.54, 1.807) is 11.4 Å². The van der Waals surface area contributed by atoms with Crippen LogP contribution in [0.15, 0.2) is 40.6 Å². The maximum absolute atomic E-state index is 12.9. The Hall–Kier alpha value is -1.94. The number of piperidine rings is 1. The summed E-state index contributed by atoms with van der Waals surface area (Å²) in [6.07, 6.45) is 1.16. The van der Waals surface area contributed by atoms with Crippen LogP contribution in [0.5, 0.6) is 0 Å². The Morgan fingerprint density at radius 1 is 1.21 bits per heavy atom. The number of sulfonamides is 1. The molecule has 7 nitrogen and oxygen atoms in total. The average molecular weight is 442 g/mol. The Morgan fingerprint density at radius 2 is 1.93 bits per heavy atom. The number of halogens is 1. The molecule has 28 heavy (non-hydrogen) atoms. The van der Waals surface area contributed by atoms with Crippen LogP contribution in [0.4, 0.5) is 5.00 Å². The maximum Gasteiger partial charge on any atom is 0.254 e. The molecule has 2 amide bonds. The first-order valence-electron chi connectivity index (χ1n) is 8.69. The second-order valence-electron chi connectivity index (χ2n) is 6.39. The van der Waals surface area contributed by atoms with Crippen LogP contribution < -0.4 is 10.6 Å². The minimum atomic E-state index is -3.70. The Bertz CT molecular complexity index is 973. The molecule has 3 rings (SSSR count). The zero-order valence-corrected chi connectivity index (χ0v) is 17.5. The zero-order chi connectivity index (χ0) is 20.3. The van der Waals surface area contributed by atoms with Gasteiger partial charge >= 0.3 is 0 Å². The zero-order valence-electron chi connectivity index (χ0n) is 15.1. The number of anilines is 1. The Kier molecular flexibility index (Phi) is 6.39. The van der Waals surface area contributed by atoms with E-state index in [1.807, 2.05) is 0 Å². The van der Waals surface area contributed by atoms with Crippen molar-refractivity contribution in [2.24, 2.45) is 5.92 Å². The summed E-state index contributed by atoms with van der Waals surface area (Å²) in [5.74, 6) is -1.06. The SMILES string of the molecule is CNC(=O)c1ccsc1NC(=O)C1CCCN(S(=O)(=O)c2ccc(Cl)cc2)C1. The summed E-state index contributed by atoms with van der Waals surface area (Å²) in [5.41, 5.74) is 0.391. The first-order valence-corrected chi connectivity index (χ1v) is 11.4. The second-order valence-corrected chi connectivity index (χ2v) is 9.68. The summed E-state index contributed by atoms with van der Waals surface area (Å²) in [6, 6.07) is 7.61. The number of thiophene rings is 1. The number of rotatable bonds is 5. The van der Waals surface area contributed by atoms with E-state index >= 15 is 0 Å². The summed E-state index contributed by atoms with van der Waals surface area (Å²) < 4.78 is 27.1. The lowest BCUT2D eigenvalue weighted by Gasteiger charge is -2.31. The normalized spacial score (nSPS) is 17.9. The number of carbonyl (C=O) groups is 2. The lowest BCUT2D eigenvalue weighted by molar-refractivity contribution is -0.120. The largest absolute Gasteiger partial charge is 0.355 e. The van der Waals surface area contributed by atoms with E-state index in [4.69, 9.17) is 11.6 Å². The molecule has 1 aromatic carbocycles. The molecule has 1 unspecified atom stereocenters. The number of carbonyl (C=O) groups excluding carboxylic acids is 2. The van der Waals surface area contributed by atoms with Gasteiger partial charge in [-0.3, -0.25) is 9.59 Å². The van der Waals surface area contributed by atoms with Crippen molar-refractivity contribution >= 4 is 49.8 Å². The van der Waals surface area contributed by atoms with Crippen molar-refractivity contribution in [1.29, 1.82) is 0 Å². The highest BCUT2D eigenvalue weighted by Gasteiger charge is 2.33. The number of hydrogen-bond donors (Lipinski definition) is 2. The first-order chi connectivity index (χ1) is 13.3. The Morgan fingerprint density at radius 3 is 2.61 bits per heavy atom. The third-order valence-electron chi connectivity index (χ3n) is 4.58. The molecule has 2 aromatic rings. The van der Waals surface area contributed by atoms with Crippen LogP contribution in [-0.4, -0.2) is 44.7 Å². The topological polar surface area (TPSA) is 95.6 Å². The fraction of sp³-hybridized carbons (Fsp3) is 0.333. The molecule has 2 heterocycles. The Labute approximate surface area is 172 Å². The van der Waals surface area contributed by atoms with Crippen molar-refractivity contribution in [3.05, 3.63) is 46.3 Å². The molecule has 10 heteroatoms. The smallest absolute Gasteiger partial charge is 0.254 e. The predicted octanol–water partition coefficient (Wildman–Crippen LogP) is 2.80. The molecule has 150 valence electrons. The van der Waals surface area contributed by atoms with E-state index in [-0.39, 0.29) is 23.3 Å². The van der Waals surface area contributed by atoms with Crippen molar-refractivity contribution in [3.63, 3.8) is 0 Å². The molecule has 1 aliphatic rings. The molecule has 0 saturated carbocycles. The summed E-state index contributed by atoms with van der Waals surface area (Å²) in [6.45, 7) is 0.453. The van der Waals surface area contributed by atoms with E-state index in [1.165, 1.54) is 47.0 Å². The van der Waals surface area contributed by atoms with E-state index in [0.29, 0.717) is 35.0 Å². The van der Waals surface area contributed by atoms with Gasteiger partial charge in [0.05, 0.1) is 16.4 Å². The maximum atomic E-state index is 12.9. The number of nitrogens with one attached hydrogen (secondary N) is 2. The molecule has 0 bridgehead atoms. The minimum absolute atomic E-state index is 0.0947. The summed E-state index contributed by atoms with van der Waals surface area (Å²) in [4.78, 5) is 24.7. The molecule has 1 fully saturated rings. The highest BCUT2D eigenvalue weighted by atomic mass is 35.5. The second kappa shape index (κ2) is 8.60. The molecular weight excluding hydrogens is 422 g/mol. The third kappa shape index (κ3) is 4.38. The Balaban J connectivity index is 1.72. The van der Waals surface area contributed by atoms with E-state index in [2.05, 4.69) is 10.6 Å². The van der Waals surface area contributed by atoms with Gasteiger partial charge < -0.3 is 10.6 Å². The van der Waals surface area contributed by atoms with Crippen LogP contribution in [0, 0.1) is 5.92 Å². The van der Waals surface area contributed by atoms with E-state index < -0.39 is 15.9 Å². The van der Waals surface area contributed by atoms with Gasteiger partial charge in [-0.15, -0.1) is 11.3 Å². The van der Waals surface area contributed by atoms with Crippen molar-refractivity contribution in [1.82, 2.24) is 9.62 Å². The quantitative estimate of drug-likeness (QED) is 0.745. The standard InChI is InChI=1S/C18H20ClN3O4S2/c1-20-17(24)15-8-10-27-18(15)21-16(23)12-3-2-9-22(11-12)28(25,26)14-6-4-13(19)5-7-14/h4-8,10,12H,2-3,9,11H2,1H3,(H,20,24)(H,21,23). The monoisotopic (exact) mass is 441 g/mol. The van der Waals surface area contributed by atoms with Gasteiger partial charge in [-0.25, -0.2) is 8.42 Å². The van der Waals surface area contributed by atoms with Gasteiger partial charge in [0.2, 0.25) is 15.9 Å². The van der Waals surface area contributed by atoms with Crippen molar-refractivity contribution < 1.29 is 18.0 Å². The van der Waals surface area contributed by atoms with Gasteiger partial charge in [0.25, 0.3) is 5.91 Å². The highest BCUT2D eigenvalue weighted by Crippen LogP contribution is 2.28. The van der Waals surface area contributed by atoms with Crippen LogP contribution in [-0.2, 0) is 14.8 Å². The number of nitrogens with zero attached hydrogens (tertiary/aromatic N) is 1. The van der Waals surface area contributed by atoms with Crippen molar-refractivity contribution in [2.75, 3.05) is 25.5 Å². The molecule has 2 N–H and O–H groups in total. The van der Waals surface area contributed by atoms with Crippen LogP contribution in [0.3, 0.4) is 0 Å². The molecule has 1 saturated heterocycles. The lowest BCUT2D eigenvalue weighted by atomic mass is 9.99. The van der Waals surface area contributed by atoms with Crippen LogP contribution >= 0.6 is 22.9 Å². The van der Waals surface area contributed by atoms with E-state index in [9.17, 15) is 18.0 Å². The molecule has 0 aliphatic carbocycles. The van der Waals surface area contributed by atoms with Gasteiger partial charge in [-0.1, -0.05) is 11.6 Å². The number of hydrogen-bond acceptors (Lipinski definition) is 5. The van der Waals surface area contributed by atoms with Crippen molar-refractivity contribution in [2.45, 2.75) is 17.7 Å². The molecule has 0 spiro atoms. The molecular formula is C18H20ClN3O4S2. The molecule has 1 aromatic heterocycles. The van der Waals surface area contributed by atoms with Gasteiger partial charge in [-0.2, -0.15) is 4.31 Å². The van der Waals surface area contributed by atoms with Gasteiger partial charge in [0, 0.05) is 25.2 Å². The van der Waals surface area contributed by atoms with Crippen LogP contribution in [0.2, 0.25) is 5.02 Å². The van der Waals surface area contributed by atoms with E-state index in [0.717, 1.165) is 0 Å². The number of benzene rings is 1. The summed E-state index contributed by atoms with van der Waals surface area (Å²) >= 11 is 7.09. The number of amides is 2. The third-order valence-corrected chi connectivity index (χ3v) is 7.54. The minimum Gasteiger partial charge on any atom is -0.355 e. The highest BCUT2D eigenvalue weighted by molar-refractivity contribution is 7.89. The molecule has 0 radical (unpaired) electrons. The van der Waals surface area contributed by atoms with Crippen LogP contribution in [0.1, 0.15) is 23.2 Å². The summed E-state index contributed by atoms with van der Waals surface area (Å²) in [7, 11) is -2.18. The van der Waals surface area contributed by atoms with Gasteiger partial charge in [-0.05, 0) is 48.6 Å². The van der Waals surface area contributed by atoms with Crippen LogP contribution in [0.25, 0.3) is 0 Å². The fourth-order valence-corrected chi connectivity index (χ4v) is 5.50. The summed E-state index contributed by atoms with van der Waals surface area (Å²) in [5, 5.41) is 7.94. The molecule has 1 aliphatic heterocycles. The average Bonchev–Trinajstić information content (AvgIpc) is 3.16.